The minimum Gasteiger partial charge on any atom is -0.493 e. The highest BCUT2D eigenvalue weighted by atomic mass is 19.4. The third-order valence-corrected chi connectivity index (χ3v) is 2.62. The number of alkyl halides is 3. The molecule has 0 atom stereocenters. The molecule has 21 heavy (non-hydrogen) atoms. The molecule has 0 unspecified atom stereocenters. The van der Waals surface area contributed by atoms with Crippen molar-refractivity contribution in [2.45, 2.75) is 25.9 Å². The number of unbranched alkanes of at least 4 members (excludes halogenated alkanes) is 1. The van der Waals surface area contributed by atoms with Gasteiger partial charge in [0.15, 0.2) is 0 Å². The van der Waals surface area contributed by atoms with Gasteiger partial charge in [0.05, 0.1) is 12.2 Å². The average Bonchev–Trinajstić information content (AvgIpc) is 2.88. The van der Waals surface area contributed by atoms with Gasteiger partial charge in [-0.25, -0.2) is 4.39 Å². The van der Waals surface area contributed by atoms with Crippen LogP contribution in [0.5, 0.6) is 5.75 Å². The second-order valence-corrected chi connectivity index (χ2v) is 4.26. The molecule has 0 saturated heterocycles. The summed E-state index contributed by atoms with van der Waals surface area (Å²) in [6.07, 6.45) is -3.00. The Balaban J connectivity index is 2.19. The van der Waals surface area contributed by atoms with Gasteiger partial charge in [0.2, 0.25) is 5.82 Å². The minimum absolute atomic E-state index is 0.183. The van der Waals surface area contributed by atoms with Crippen LogP contribution in [0.4, 0.5) is 17.6 Å². The van der Waals surface area contributed by atoms with Gasteiger partial charge < -0.3 is 9.26 Å². The zero-order valence-electron chi connectivity index (χ0n) is 11.1. The number of hydrogen-bond donors (Lipinski definition) is 0. The third kappa shape index (κ3) is 3.71. The smallest absolute Gasteiger partial charge is 0.471 e. The van der Waals surface area contributed by atoms with Gasteiger partial charge in [-0.1, -0.05) is 18.5 Å². The molecule has 0 bridgehead atoms. The molecule has 0 fully saturated rings. The monoisotopic (exact) mass is 304 g/mol. The lowest BCUT2D eigenvalue weighted by atomic mass is 10.2. The Hall–Kier alpha value is -2.12. The zero-order chi connectivity index (χ0) is 15.5. The van der Waals surface area contributed by atoms with Gasteiger partial charge in [-0.3, -0.25) is 0 Å². The summed E-state index contributed by atoms with van der Waals surface area (Å²) >= 11 is 0. The highest BCUT2D eigenvalue weighted by molar-refractivity contribution is 5.56. The van der Waals surface area contributed by atoms with Crippen LogP contribution in [-0.2, 0) is 6.18 Å². The van der Waals surface area contributed by atoms with Crippen molar-refractivity contribution >= 4 is 0 Å². The molecule has 4 nitrogen and oxygen atoms in total. The highest BCUT2D eigenvalue weighted by Gasteiger charge is 2.38. The zero-order valence-corrected chi connectivity index (χ0v) is 11.1. The molecule has 0 radical (unpaired) electrons. The van der Waals surface area contributed by atoms with Crippen molar-refractivity contribution in [2.24, 2.45) is 0 Å². The van der Waals surface area contributed by atoms with Crippen molar-refractivity contribution in [2.75, 3.05) is 6.61 Å². The van der Waals surface area contributed by atoms with Crippen LogP contribution in [0.3, 0.4) is 0 Å². The van der Waals surface area contributed by atoms with Gasteiger partial charge in [0.1, 0.15) is 11.6 Å². The van der Waals surface area contributed by atoms with E-state index >= 15 is 0 Å². The molecule has 0 spiro atoms. The average molecular weight is 304 g/mol. The van der Waals surface area contributed by atoms with Gasteiger partial charge >= 0.3 is 12.1 Å². The first-order chi connectivity index (χ1) is 9.91. The van der Waals surface area contributed by atoms with Crippen LogP contribution < -0.4 is 4.74 Å². The second-order valence-electron chi connectivity index (χ2n) is 4.26. The molecule has 2 rings (SSSR count). The fourth-order valence-corrected chi connectivity index (χ4v) is 1.55. The molecule has 0 aliphatic carbocycles. The Morgan fingerprint density at radius 3 is 2.62 bits per heavy atom. The first-order valence-corrected chi connectivity index (χ1v) is 6.25. The molecule has 0 N–H and O–H groups in total. The van der Waals surface area contributed by atoms with Crippen LogP contribution in [0, 0.1) is 5.82 Å². The lowest BCUT2D eigenvalue weighted by Crippen LogP contribution is -2.05. The van der Waals surface area contributed by atoms with Crippen LogP contribution >= 0.6 is 0 Å². The fraction of sp³-hybridized carbons (Fsp3) is 0.385. The summed E-state index contributed by atoms with van der Waals surface area (Å²) in [5.74, 6) is -2.46. The van der Waals surface area contributed by atoms with Crippen molar-refractivity contribution in [3.63, 3.8) is 0 Å². The van der Waals surface area contributed by atoms with Crippen molar-refractivity contribution in [1.82, 2.24) is 10.1 Å². The molecule has 1 heterocycles. The molecule has 0 saturated carbocycles. The predicted molar refractivity (Wildman–Crippen MR) is 65.1 cm³/mol. The first-order valence-electron chi connectivity index (χ1n) is 6.25. The van der Waals surface area contributed by atoms with Crippen molar-refractivity contribution in [3.8, 4) is 17.1 Å². The summed E-state index contributed by atoms with van der Waals surface area (Å²) in [5.41, 5.74) is -0.183. The van der Waals surface area contributed by atoms with E-state index in [9.17, 15) is 17.6 Å². The lowest BCUT2D eigenvalue weighted by molar-refractivity contribution is -0.159. The molecule has 8 heteroatoms. The number of hydrogen-bond acceptors (Lipinski definition) is 4. The van der Waals surface area contributed by atoms with E-state index in [1.54, 1.807) is 0 Å². The summed E-state index contributed by atoms with van der Waals surface area (Å²) in [7, 11) is 0. The molecule has 0 aliphatic rings. The van der Waals surface area contributed by atoms with Gasteiger partial charge in [0, 0.05) is 6.07 Å². The third-order valence-electron chi connectivity index (χ3n) is 2.62. The fourth-order valence-electron chi connectivity index (χ4n) is 1.55. The van der Waals surface area contributed by atoms with Crippen LogP contribution in [0.15, 0.2) is 22.7 Å². The maximum absolute atomic E-state index is 13.9. The number of halogens is 4. The topological polar surface area (TPSA) is 48.2 Å². The van der Waals surface area contributed by atoms with Gasteiger partial charge in [-0.05, 0) is 18.6 Å². The summed E-state index contributed by atoms with van der Waals surface area (Å²) in [4.78, 5) is 3.13. The summed E-state index contributed by atoms with van der Waals surface area (Å²) in [6, 6.07) is 3.77. The molecule has 1 aromatic carbocycles. The number of nitrogens with zero attached hydrogens (tertiary/aromatic N) is 2. The van der Waals surface area contributed by atoms with E-state index in [0.717, 1.165) is 18.9 Å². The number of aromatic nitrogens is 2. The Morgan fingerprint density at radius 1 is 1.29 bits per heavy atom. The van der Waals surface area contributed by atoms with E-state index in [1.807, 2.05) is 6.92 Å². The van der Waals surface area contributed by atoms with Gasteiger partial charge in [-0.2, -0.15) is 18.2 Å². The summed E-state index contributed by atoms with van der Waals surface area (Å²) in [5, 5.41) is 3.13. The Bertz CT molecular complexity index is 610. The van der Waals surface area contributed by atoms with E-state index in [0.29, 0.717) is 12.4 Å². The van der Waals surface area contributed by atoms with E-state index in [4.69, 9.17) is 4.74 Å². The van der Waals surface area contributed by atoms with Crippen LogP contribution in [0.2, 0.25) is 0 Å². The number of rotatable bonds is 5. The first kappa shape index (κ1) is 15.3. The molecule has 114 valence electrons. The molecule has 1 aromatic heterocycles. The van der Waals surface area contributed by atoms with Crippen molar-refractivity contribution in [3.05, 3.63) is 29.9 Å². The van der Waals surface area contributed by atoms with E-state index < -0.39 is 23.7 Å². The van der Waals surface area contributed by atoms with Gasteiger partial charge in [-0.15, -0.1) is 0 Å². The Kier molecular flexibility index (Phi) is 4.44. The molecular weight excluding hydrogens is 292 g/mol. The predicted octanol–water partition coefficient (Wildman–Crippen LogP) is 4.07. The van der Waals surface area contributed by atoms with E-state index in [-0.39, 0.29) is 5.56 Å². The largest absolute Gasteiger partial charge is 0.493 e. The normalized spacial score (nSPS) is 11.7. The summed E-state index contributed by atoms with van der Waals surface area (Å²) < 4.78 is 60.3. The van der Waals surface area contributed by atoms with E-state index in [2.05, 4.69) is 14.7 Å². The van der Waals surface area contributed by atoms with Crippen LogP contribution in [0.1, 0.15) is 25.7 Å². The van der Waals surface area contributed by atoms with Crippen molar-refractivity contribution in [1.29, 1.82) is 0 Å². The maximum atomic E-state index is 13.9. The Labute approximate surface area is 117 Å². The Morgan fingerprint density at radius 2 is 2.05 bits per heavy atom. The van der Waals surface area contributed by atoms with E-state index in [1.165, 1.54) is 12.1 Å². The second kappa shape index (κ2) is 6.11. The molecular formula is C13H12F4N2O2. The van der Waals surface area contributed by atoms with Crippen LogP contribution in [-0.4, -0.2) is 16.7 Å². The summed E-state index contributed by atoms with van der Waals surface area (Å²) in [6.45, 7) is 2.43. The van der Waals surface area contributed by atoms with Crippen LogP contribution in [0.25, 0.3) is 11.4 Å². The van der Waals surface area contributed by atoms with Gasteiger partial charge in [0.25, 0.3) is 0 Å². The lowest BCUT2D eigenvalue weighted by Gasteiger charge is -2.06. The highest BCUT2D eigenvalue weighted by Crippen LogP contribution is 2.30. The molecule has 2 aromatic rings. The quantitative estimate of drug-likeness (QED) is 0.617. The number of ether oxygens (including phenoxy) is 1. The van der Waals surface area contributed by atoms with Crippen molar-refractivity contribution < 1.29 is 26.8 Å². The maximum Gasteiger partial charge on any atom is 0.471 e. The molecule has 0 aliphatic heterocycles. The number of benzene rings is 1. The SMILES string of the molecule is CCCCOc1ccc(-c2noc(C(F)(F)F)n2)c(F)c1. The minimum atomic E-state index is -4.76. The standard InChI is InChI=1S/C13H12F4N2O2/c1-2-3-6-20-8-4-5-9(10(14)7-8)11-18-12(21-19-11)13(15,16)17/h4-5,7H,2-3,6H2,1H3. The molecule has 0 amide bonds.